The van der Waals surface area contributed by atoms with Crippen molar-refractivity contribution in [3.05, 3.63) is 71.8 Å². The van der Waals surface area contributed by atoms with Crippen LogP contribution in [-0.4, -0.2) is 67.3 Å². The van der Waals surface area contributed by atoms with E-state index >= 15 is 0 Å². The van der Waals surface area contributed by atoms with E-state index in [1.807, 2.05) is 0 Å². The predicted octanol–water partition coefficient (Wildman–Crippen LogP) is -0.00790. The quantitative estimate of drug-likeness (QED) is 0.322. The molecule has 0 aromatic heterocycles. The fourth-order valence-corrected chi connectivity index (χ4v) is 2.43. The average Bonchev–Trinajstić information content (AvgIpc) is 2.73. The summed E-state index contributed by atoms with van der Waals surface area (Å²) < 4.78 is 0. The monoisotopic (exact) mass is 390 g/mol. The predicted molar refractivity (Wildman–Crippen MR) is 94.9 cm³/mol. The Hall–Kier alpha value is -3.40. The van der Waals surface area contributed by atoms with Crippen LogP contribution in [-0.2, 0) is 9.59 Å². The van der Waals surface area contributed by atoms with Crippen molar-refractivity contribution >= 4 is 23.5 Å². The molecule has 2 aromatic carbocycles. The number of ketones is 2. The van der Waals surface area contributed by atoms with Crippen molar-refractivity contribution in [3.8, 4) is 0 Å². The first kappa shape index (κ1) is 22.6. The van der Waals surface area contributed by atoms with E-state index in [2.05, 4.69) is 0 Å². The van der Waals surface area contributed by atoms with Crippen molar-refractivity contribution in [2.45, 2.75) is 11.2 Å². The second kappa shape index (κ2) is 9.00. The molecule has 0 bridgehead atoms. The van der Waals surface area contributed by atoms with Crippen LogP contribution >= 0.6 is 0 Å². The summed E-state index contributed by atoms with van der Waals surface area (Å²) in [6, 6.07) is 12.8. The van der Waals surface area contributed by atoms with E-state index in [1.165, 1.54) is 36.4 Å². The average molecular weight is 390 g/mol. The molecule has 0 aliphatic heterocycles. The molecule has 0 radical (unpaired) electrons. The van der Waals surface area contributed by atoms with Gasteiger partial charge in [-0.1, -0.05) is 60.7 Å². The van der Waals surface area contributed by atoms with Crippen molar-refractivity contribution in [2.75, 3.05) is 7.11 Å². The molecule has 2 atom stereocenters. The molecule has 2 aromatic rings. The van der Waals surface area contributed by atoms with Crippen LogP contribution in [0.2, 0.25) is 0 Å². The van der Waals surface area contributed by atoms with Crippen LogP contribution in [0.15, 0.2) is 60.7 Å². The van der Waals surface area contributed by atoms with Gasteiger partial charge in [-0.05, 0) is 0 Å². The van der Waals surface area contributed by atoms with Gasteiger partial charge in [0.1, 0.15) is 0 Å². The van der Waals surface area contributed by atoms with Gasteiger partial charge in [-0.15, -0.1) is 0 Å². The van der Waals surface area contributed by atoms with Gasteiger partial charge >= 0.3 is 11.9 Å². The third-order valence-corrected chi connectivity index (χ3v) is 3.87. The Morgan fingerprint density at radius 3 is 1.07 bits per heavy atom. The number of hydrogen-bond acceptors (Lipinski definition) is 7. The van der Waals surface area contributed by atoms with Crippen molar-refractivity contribution in [3.63, 3.8) is 0 Å². The Morgan fingerprint density at radius 1 is 0.607 bits per heavy atom. The summed E-state index contributed by atoms with van der Waals surface area (Å²) in [4.78, 5) is 48.5. The molecule has 2 unspecified atom stereocenters. The largest absolute Gasteiger partial charge is 0.479 e. The first-order valence-electron chi connectivity index (χ1n) is 7.73. The van der Waals surface area contributed by atoms with Crippen LogP contribution < -0.4 is 0 Å². The van der Waals surface area contributed by atoms with Crippen molar-refractivity contribution < 1.29 is 44.7 Å². The third kappa shape index (κ3) is 3.67. The zero-order valence-corrected chi connectivity index (χ0v) is 14.6. The Labute approximate surface area is 159 Å². The van der Waals surface area contributed by atoms with Gasteiger partial charge in [0.05, 0.1) is 0 Å². The van der Waals surface area contributed by atoms with E-state index in [-0.39, 0.29) is 0 Å². The van der Waals surface area contributed by atoms with Crippen LogP contribution in [0.5, 0.6) is 0 Å². The molecule has 0 heterocycles. The number of aliphatic carboxylic acids is 2. The molecule has 5 N–H and O–H groups in total. The highest BCUT2D eigenvalue weighted by Gasteiger charge is 2.69. The summed E-state index contributed by atoms with van der Waals surface area (Å²) in [5.41, 5.74) is -8.68. The van der Waals surface area contributed by atoms with Gasteiger partial charge in [-0.3, -0.25) is 9.59 Å². The Kier molecular flexibility index (Phi) is 7.28. The fraction of sp³-hybridized carbons (Fsp3) is 0.158. The van der Waals surface area contributed by atoms with E-state index in [0.717, 1.165) is 31.4 Å². The molecule has 148 valence electrons. The zero-order valence-electron chi connectivity index (χ0n) is 14.6. The van der Waals surface area contributed by atoms with E-state index in [9.17, 15) is 39.6 Å². The normalized spacial score (nSPS) is 14.4. The number of hydrogen-bond donors (Lipinski definition) is 5. The lowest BCUT2D eigenvalue weighted by atomic mass is 9.73. The topological polar surface area (TPSA) is 169 Å². The first-order valence-corrected chi connectivity index (χ1v) is 7.73. The first-order chi connectivity index (χ1) is 13.2. The molecule has 0 spiro atoms. The number of aliphatic hydroxyl groups is 3. The van der Waals surface area contributed by atoms with Crippen molar-refractivity contribution in [2.24, 2.45) is 0 Å². The van der Waals surface area contributed by atoms with Crippen LogP contribution in [0.1, 0.15) is 20.7 Å². The summed E-state index contributed by atoms with van der Waals surface area (Å²) in [5.74, 6) is -8.03. The van der Waals surface area contributed by atoms with Gasteiger partial charge in [0.2, 0.25) is 11.6 Å². The molecule has 0 saturated heterocycles. The molecule has 2 rings (SSSR count). The second-order valence-corrected chi connectivity index (χ2v) is 5.42. The fourth-order valence-electron chi connectivity index (χ4n) is 2.43. The second-order valence-electron chi connectivity index (χ2n) is 5.42. The molecule has 9 heteroatoms. The molecule has 0 aliphatic rings. The molecular formula is C19H18O9. The Bertz CT molecular complexity index is 790. The minimum Gasteiger partial charge on any atom is -0.479 e. The summed E-state index contributed by atoms with van der Waals surface area (Å²) in [7, 11) is 1.00. The van der Waals surface area contributed by atoms with Crippen molar-refractivity contribution in [1.29, 1.82) is 0 Å². The molecule has 0 aliphatic carbocycles. The maximum Gasteiger partial charge on any atom is 0.348 e. The highest BCUT2D eigenvalue weighted by molar-refractivity contribution is 6.28. The van der Waals surface area contributed by atoms with E-state index < -0.39 is 45.8 Å². The molecule has 9 nitrogen and oxygen atoms in total. The van der Waals surface area contributed by atoms with Crippen LogP contribution in [0.25, 0.3) is 0 Å². The van der Waals surface area contributed by atoms with Gasteiger partial charge in [-0.25, -0.2) is 9.59 Å². The number of carbonyl (C=O) groups excluding carboxylic acids is 2. The van der Waals surface area contributed by atoms with Crippen LogP contribution in [0, 0.1) is 0 Å². The standard InChI is InChI=1S/C18H14O8.CH4O/c19-13(11-7-3-1-4-8-11)17(25,15(21)22)18(26,16(23)24)14(20)12-9-5-2-6-10-12;1-2/h1-10,25-26H,(H,21,22)(H,23,24);2H,1H3. The summed E-state index contributed by atoms with van der Waals surface area (Å²) in [6.07, 6.45) is 0. The number of carboxylic acids is 2. The zero-order chi connectivity index (χ0) is 21.5. The Morgan fingerprint density at radius 2 is 0.857 bits per heavy atom. The van der Waals surface area contributed by atoms with E-state index in [1.54, 1.807) is 0 Å². The van der Waals surface area contributed by atoms with Gasteiger partial charge in [0.15, 0.2) is 0 Å². The van der Waals surface area contributed by atoms with Gasteiger partial charge in [-0.2, -0.15) is 0 Å². The minimum atomic E-state index is -3.95. The summed E-state index contributed by atoms with van der Waals surface area (Å²) in [6.45, 7) is 0. The van der Waals surface area contributed by atoms with E-state index in [4.69, 9.17) is 5.11 Å². The van der Waals surface area contributed by atoms with Crippen LogP contribution in [0.4, 0.5) is 0 Å². The number of carbonyl (C=O) groups is 4. The highest BCUT2D eigenvalue weighted by atomic mass is 16.5. The molecule has 0 saturated carbocycles. The Balaban J connectivity index is 0.00000190. The van der Waals surface area contributed by atoms with Crippen LogP contribution in [0.3, 0.4) is 0 Å². The summed E-state index contributed by atoms with van der Waals surface area (Å²) >= 11 is 0. The number of aliphatic hydroxyl groups excluding tert-OH is 1. The molecule has 0 fully saturated rings. The van der Waals surface area contributed by atoms with E-state index in [0.29, 0.717) is 0 Å². The van der Waals surface area contributed by atoms with Gasteiger partial charge < -0.3 is 25.5 Å². The van der Waals surface area contributed by atoms with Crippen molar-refractivity contribution in [1.82, 2.24) is 0 Å². The number of rotatable bonds is 7. The molecular weight excluding hydrogens is 372 g/mol. The third-order valence-electron chi connectivity index (χ3n) is 3.87. The minimum absolute atomic E-state index is 0.391. The number of carboxylic acid groups (broad SMARTS) is 2. The SMILES string of the molecule is CO.O=C(O)C(O)(C(=O)c1ccccc1)C(O)(C(=O)O)C(=O)c1ccccc1. The highest BCUT2D eigenvalue weighted by Crippen LogP contribution is 2.31. The number of benzene rings is 2. The lowest BCUT2D eigenvalue weighted by molar-refractivity contribution is -0.187. The summed E-state index contributed by atoms with van der Waals surface area (Å²) in [5, 5.41) is 46.9. The van der Waals surface area contributed by atoms with Gasteiger partial charge in [0, 0.05) is 18.2 Å². The lowest BCUT2D eigenvalue weighted by Crippen LogP contribution is -2.71. The smallest absolute Gasteiger partial charge is 0.348 e. The maximum atomic E-state index is 12.6. The number of Topliss-reactive ketones (excluding diaryl/α,β-unsaturated/α-hetero) is 2. The maximum absolute atomic E-state index is 12.6. The van der Waals surface area contributed by atoms with Gasteiger partial charge in [0.25, 0.3) is 11.2 Å². The lowest BCUT2D eigenvalue weighted by Gasteiger charge is -2.34. The molecule has 0 amide bonds. The molecule has 28 heavy (non-hydrogen) atoms.